The van der Waals surface area contributed by atoms with Crippen LogP contribution in [0.5, 0.6) is 0 Å². The Kier molecular flexibility index (Phi) is 4.18. The SMILES string of the molecule is c1ccc(NC2CCC(c3nc(-c4ccncc4)no3)CC2)nc1. The minimum Gasteiger partial charge on any atom is -0.367 e. The van der Waals surface area contributed by atoms with Crippen LogP contribution in [-0.2, 0) is 0 Å². The molecule has 0 amide bonds. The maximum Gasteiger partial charge on any atom is 0.230 e. The molecule has 3 aromatic heterocycles. The zero-order valence-corrected chi connectivity index (χ0v) is 13.3. The van der Waals surface area contributed by atoms with E-state index in [0.717, 1.165) is 43.0 Å². The molecule has 4 rings (SSSR count). The third-order valence-electron chi connectivity index (χ3n) is 4.47. The summed E-state index contributed by atoms with van der Waals surface area (Å²) in [6.45, 7) is 0. The normalized spacial score (nSPS) is 20.7. The average Bonchev–Trinajstić information content (AvgIpc) is 3.14. The molecule has 1 fully saturated rings. The molecule has 0 aromatic carbocycles. The molecular weight excluding hydrogens is 302 g/mol. The summed E-state index contributed by atoms with van der Waals surface area (Å²) in [6.07, 6.45) is 9.53. The Bertz CT molecular complexity index is 766. The molecule has 122 valence electrons. The Balaban J connectivity index is 1.37. The van der Waals surface area contributed by atoms with E-state index in [1.54, 1.807) is 12.4 Å². The topological polar surface area (TPSA) is 76.7 Å². The Labute approximate surface area is 140 Å². The first-order valence-electron chi connectivity index (χ1n) is 8.30. The molecule has 1 saturated carbocycles. The Hall–Kier alpha value is -2.76. The molecule has 0 unspecified atom stereocenters. The van der Waals surface area contributed by atoms with Gasteiger partial charge in [0.05, 0.1) is 0 Å². The van der Waals surface area contributed by atoms with Crippen LogP contribution in [0, 0.1) is 0 Å². The number of hydrogen-bond donors (Lipinski definition) is 1. The van der Waals surface area contributed by atoms with Crippen LogP contribution in [-0.4, -0.2) is 26.2 Å². The number of anilines is 1. The van der Waals surface area contributed by atoms with Crippen LogP contribution in [0.1, 0.15) is 37.5 Å². The molecule has 0 aliphatic heterocycles. The van der Waals surface area contributed by atoms with Gasteiger partial charge < -0.3 is 9.84 Å². The highest BCUT2D eigenvalue weighted by Crippen LogP contribution is 2.33. The lowest BCUT2D eigenvalue weighted by Gasteiger charge is -2.27. The molecule has 0 saturated heterocycles. The number of nitrogens with one attached hydrogen (secondary N) is 1. The maximum absolute atomic E-state index is 5.50. The summed E-state index contributed by atoms with van der Waals surface area (Å²) >= 11 is 0. The lowest BCUT2D eigenvalue weighted by molar-refractivity contribution is 0.306. The molecule has 0 radical (unpaired) electrons. The van der Waals surface area contributed by atoms with Crippen molar-refractivity contribution in [3.05, 3.63) is 54.8 Å². The fourth-order valence-electron chi connectivity index (χ4n) is 3.16. The first kappa shape index (κ1) is 14.8. The second kappa shape index (κ2) is 6.78. The number of nitrogens with zero attached hydrogens (tertiary/aromatic N) is 4. The van der Waals surface area contributed by atoms with E-state index in [-0.39, 0.29) is 0 Å². The second-order valence-electron chi connectivity index (χ2n) is 6.10. The van der Waals surface area contributed by atoms with E-state index in [9.17, 15) is 0 Å². The zero-order valence-electron chi connectivity index (χ0n) is 13.3. The van der Waals surface area contributed by atoms with E-state index in [2.05, 4.69) is 25.4 Å². The largest absolute Gasteiger partial charge is 0.367 e. The monoisotopic (exact) mass is 321 g/mol. The van der Waals surface area contributed by atoms with Crippen molar-refractivity contribution in [3.8, 4) is 11.4 Å². The Morgan fingerprint density at radius 1 is 0.958 bits per heavy atom. The van der Waals surface area contributed by atoms with E-state index in [0.29, 0.717) is 17.8 Å². The zero-order chi connectivity index (χ0) is 16.2. The fourth-order valence-corrected chi connectivity index (χ4v) is 3.16. The van der Waals surface area contributed by atoms with Crippen molar-refractivity contribution in [2.24, 2.45) is 0 Å². The molecule has 3 heterocycles. The molecule has 1 N–H and O–H groups in total. The van der Waals surface area contributed by atoms with Gasteiger partial charge in [-0.15, -0.1) is 0 Å². The van der Waals surface area contributed by atoms with E-state index < -0.39 is 0 Å². The van der Waals surface area contributed by atoms with Crippen molar-refractivity contribution in [2.45, 2.75) is 37.6 Å². The lowest BCUT2D eigenvalue weighted by atomic mass is 9.86. The predicted octanol–water partition coefficient (Wildman–Crippen LogP) is 3.66. The maximum atomic E-state index is 5.50. The van der Waals surface area contributed by atoms with Crippen LogP contribution in [0.15, 0.2) is 53.4 Å². The van der Waals surface area contributed by atoms with E-state index in [1.807, 2.05) is 36.5 Å². The third-order valence-corrected chi connectivity index (χ3v) is 4.47. The first-order valence-corrected chi connectivity index (χ1v) is 8.30. The van der Waals surface area contributed by atoms with Crippen molar-refractivity contribution < 1.29 is 4.52 Å². The van der Waals surface area contributed by atoms with Gasteiger partial charge in [-0.2, -0.15) is 4.98 Å². The standard InChI is InChI=1S/C18H19N5O/c1-2-10-20-16(3-1)21-15-6-4-14(5-7-15)18-22-17(23-24-18)13-8-11-19-12-9-13/h1-3,8-12,14-15H,4-7H2,(H,20,21). The quantitative estimate of drug-likeness (QED) is 0.790. The average molecular weight is 321 g/mol. The predicted molar refractivity (Wildman–Crippen MR) is 90.4 cm³/mol. The van der Waals surface area contributed by atoms with Gasteiger partial charge in [-0.05, 0) is 49.9 Å². The lowest BCUT2D eigenvalue weighted by Crippen LogP contribution is -2.25. The van der Waals surface area contributed by atoms with Crippen molar-refractivity contribution in [1.82, 2.24) is 20.1 Å². The van der Waals surface area contributed by atoms with Crippen LogP contribution in [0.25, 0.3) is 11.4 Å². The Morgan fingerprint density at radius 3 is 2.54 bits per heavy atom. The summed E-state index contributed by atoms with van der Waals surface area (Å²) in [5.74, 6) is 2.67. The summed E-state index contributed by atoms with van der Waals surface area (Å²) in [7, 11) is 0. The molecular formula is C18H19N5O. The van der Waals surface area contributed by atoms with Crippen LogP contribution < -0.4 is 5.32 Å². The molecule has 1 aliphatic rings. The van der Waals surface area contributed by atoms with Gasteiger partial charge in [-0.1, -0.05) is 11.2 Å². The van der Waals surface area contributed by atoms with Crippen LogP contribution >= 0.6 is 0 Å². The molecule has 6 heteroatoms. The highest BCUT2D eigenvalue weighted by atomic mass is 16.5. The van der Waals surface area contributed by atoms with Crippen molar-refractivity contribution >= 4 is 5.82 Å². The van der Waals surface area contributed by atoms with Gasteiger partial charge in [-0.3, -0.25) is 4.98 Å². The summed E-state index contributed by atoms with van der Waals surface area (Å²) in [6, 6.07) is 10.2. The third kappa shape index (κ3) is 3.27. The van der Waals surface area contributed by atoms with Crippen LogP contribution in [0.2, 0.25) is 0 Å². The highest BCUT2D eigenvalue weighted by Gasteiger charge is 2.26. The van der Waals surface area contributed by atoms with Gasteiger partial charge >= 0.3 is 0 Å². The van der Waals surface area contributed by atoms with Gasteiger partial charge in [0.1, 0.15) is 5.82 Å². The summed E-state index contributed by atoms with van der Waals surface area (Å²) in [4.78, 5) is 12.9. The second-order valence-corrected chi connectivity index (χ2v) is 6.10. The molecule has 0 spiro atoms. The van der Waals surface area contributed by atoms with Gasteiger partial charge in [0.25, 0.3) is 0 Å². The molecule has 3 aromatic rings. The molecule has 0 atom stereocenters. The summed E-state index contributed by atoms with van der Waals surface area (Å²) in [5, 5.41) is 7.61. The Morgan fingerprint density at radius 2 is 1.79 bits per heavy atom. The van der Waals surface area contributed by atoms with Crippen LogP contribution in [0.4, 0.5) is 5.82 Å². The molecule has 6 nitrogen and oxygen atoms in total. The van der Waals surface area contributed by atoms with Gasteiger partial charge in [0.15, 0.2) is 0 Å². The minimum atomic E-state index is 0.342. The number of hydrogen-bond acceptors (Lipinski definition) is 6. The number of aromatic nitrogens is 4. The van der Waals surface area contributed by atoms with Crippen molar-refractivity contribution in [2.75, 3.05) is 5.32 Å². The molecule has 24 heavy (non-hydrogen) atoms. The molecule has 0 bridgehead atoms. The molecule has 1 aliphatic carbocycles. The van der Waals surface area contributed by atoms with E-state index >= 15 is 0 Å². The smallest absolute Gasteiger partial charge is 0.230 e. The minimum absolute atomic E-state index is 0.342. The van der Waals surface area contributed by atoms with E-state index in [1.165, 1.54) is 0 Å². The van der Waals surface area contributed by atoms with Crippen molar-refractivity contribution in [3.63, 3.8) is 0 Å². The van der Waals surface area contributed by atoms with E-state index in [4.69, 9.17) is 4.52 Å². The highest BCUT2D eigenvalue weighted by molar-refractivity contribution is 5.52. The number of pyridine rings is 2. The number of rotatable bonds is 4. The first-order chi connectivity index (χ1) is 11.9. The van der Waals surface area contributed by atoms with Gasteiger partial charge in [0.2, 0.25) is 11.7 Å². The van der Waals surface area contributed by atoms with Crippen molar-refractivity contribution in [1.29, 1.82) is 0 Å². The van der Waals surface area contributed by atoms with Crippen LogP contribution in [0.3, 0.4) is 0 Å². The van der Waals surface area contributed by atoms with Gasteiger partial charge in [-0.25, -0.2) is 4.98 Å². The fraction of sp³-hybridized carbons (Fsp3) is 0.333. The summed E-state index contributed by atoms with van der Waals surface area (Å²) in [5.41, 5.74) is 0.936. The van der Waals surface area contributed by atoms with Gasteiger partial charge in [0, 0.05) is 36.1 Å². The summed E-state index contributed by atoms with van der Waals surface area (Å²) < 4.78 is 5.50.